The SMILES string of the molecule is CC1(NC(=O)c2ccccc2S)CCCCC1. The molecular formula is C14H19NOS. The molecular weight excluding hydrogens is 230 g/mol. The van der Waals surface area contributed by atoms with E-state index in [1.165, 1.54) is 19.3 Å². The first-order chi connectivity index (χ1) is 8.11. The van der Waals surface area contributed by atoms with Crippen molar-refractivity contribution in [2.75, 3.05) is 0 Å². The van der Waals surface area contributed by atoms with Crippen LogP contribution in [-0.4, -0.2) is 11.4 Å². The highest BCUT2D eigenvalue weighted by atomic mass is 32.1. The van der Waals surface area contributed by atoms with Gasteiger partial charge in [-0.15, -0.1) is 12.6 Å². The third kappa shape index (κ3) is 3.03. The van der Waals surface area contributed by atoms with Crippen molar-refractivity contribution in [3.63, 3.8) is 0 Å². The van der Waals surface area contributed by atoms with Crippen molar-refractivity contribution >= 4 is 18.5 Å². The van der Waals surface area contributed by atoms with Gasteiger partial charge in [0, 0.05) is 10.4 Å². The number of rotatable bonds is 2. The summed E-state index contributed by atoms with van der Waals surface area (Å²) in [6.07, 6.45) is 5.86. The summed E-state index contributed by atoms with van der Waals surface area (Å²) >= 11 is 4.32. The van der Waals surface area contributed by atoms with Gasteiger partial charge < -0.3 is 5.32 Å². The Hall–Kier alpha value is -0.960. The van der Waals surface area contributed by atoms with Crippen LogP contribution in [0.4, 0.5) is 0 Å². The van der Waals surface area contributed by atoms with E-state index >= 15 is 0 Å². The second-order valence-corrected chi connectivity index (χ2v) is 5.57. The maximum atomic E-state index is 12.2. The van der Waals surface area contributed by atoms with Crippen molar-refractivity contribution in [1.29, 1.82) is 0 Å². The molecule has 1 aliphatic carbocycles. The summed E-state index contributed by atoms with van der Waals surface area (Å²) < 4.78 is 0. The maximum Gasteiger partial charge on any atom is 0.252 e. The lowest BCUT2D eigenvalue weighted by molar-refractivity contribution is 0.0879. The van der Waals surface area contributed by atoms with Crippen molar-refractivity contribution in [3.8, 4) is 0 Å². The highest BCUT2D eigenvalue weighted by molar-refractivity contribution is 7.80. The van der Waals surface area contributed by atoms with Gasteiger partial charge >= 0.3 is 0 Å². The fourth-order valence-corrected chi connectivity index (χ4v) is 2.73. The van der Waals surface area contributed by atoms with Gasteiger partial charge in [-0.1, -0.05) is 31.4 Å². The minimum absolute atomic E-state index is 0. The molecule has 0 spiro atoms. The number of amides is 1. The molecule has 0 bridgehead atoms. The molecule has 0 radical (unpaired) electrons. The third-order valence-corrected chi connectivity index (χ3v) is 3.91. The smallest absolute Gasteiger partial charge is 0.252 e. The number of hydrogen-bond donors (Lipinski definition) is 2. The quantitative estimate of drug-likeness (QED) is 0.773. The summed E-state index contributed by atoms with van der Waals surface area (Å²) in [5.41, 5.74) is 0.633. The largest absolute Gasteiger partial charge is 0.347 e. The van der Waals surface area contributed by atoms with E-state index in [1.807, 2.05) is 24.3 Å². The second kappa shape index (κ2) is 5.13. The lowest BCUT2D eigenvalue weighted by Crippen LogP contribution is -2.47. The van der Waals surface area contributed by atoms with E-state index in [1.54, 1.807) is 0 Å². The average Bonchev–Trinajstić information content (AvgIpc) is 2.29. The van der Waals surface area contributed by atoms with Crippen LogP contribution in [0.2, 0.25) is 0 Å². The fraction of sp³-hybridized carbons (Fsp3) is 0.500. The van der Waals surface area contributed by atoms with Crippen LogP contribution in [0.5, 0.6) is 0 Å². The second-order valence-electron chi connectivity index (χ2n) is 5.09. The molecule has 92 valence electrons. The summed E-state index contributed by atoms with van der Waals surface area (Å²) in [4.78, 5) is 12.9. The van der Waals surface area contributed by atoms with Crippen LogP contribution >= 0.6 is 12.6 Å². The monoisotopic (exact) mass is 249 g/mol. The van der Waals surface area contributed by atoms with E-state index in [0.29, 0.717) is 5.56 Å². The maximum absolute atomic E-state index is 12.2. The first-order valence-electron chi connectivity index (χ1n) is 6.21. The Morgan fingerprint density at radius 3 is 2.53 bits per heavy atom. The molecule has 1 N–H and O–H groups in total. The molecule has 2 nitrogen and oxygen atoms in total. The fourth-order valence-electron chi connectivity index (χ4n) is 2.46. The summed E-state index contributed by atoms with van der Waals surface area (Å²) in [5, 5.41) is 3.16. The van der Waals surface area contributed by atoms with Gasteiger partial charge in [0.05, 0.1) is 5.56 Å². The van der Waals surface area contributed by atoms with Crippen LogP contribution < -0.4 is 5.32 Å². The number of thiol groups is 1. The minimum atomic E-state index is -0.0363. The molecule has 1 fully saturated rings. The zero-order valence-corrected chi connectivity index (χ0v) is 11.1. The summed E-state index contributed by atoms with van der Waals surface area (Å²) in [5.74, 6) is 0. The van der Waals surface area contributed by atoms with Crippen LogP contribution in [0.3, 0.4) is 0 Å². The van der Waals surface area contributed by atoms with Crippen molar-refractivity contribution in [2.24, 2.45) is 0 Å². The Morgan fingerprint density at radius 1 is 1.24 bits per heavy atom. The highest BCUT2D eigenvalue weighted by Crippen LogP contribution is 2.28. The number of carbonyl (C=O) groups is 1. The lowest BCUT2D eigenvalue weighted by atomic mass is 9.83. The van der Waals surface area contributed by atoms with Gasteiger partial charge in [0.25, 0.3) is 5.91 Å². The van der Waals surface area contributed by atoms with E-state index < -0.39 is 0 Å². The molecule has 1 aliphatic rings. The summed E-state index contributed by atoms with van der Waals surface area (Å²) in [6, 6.07) is 7.43. The van der Waals surface area contributed by atoms with Gasteiger partial charge in [0.1, 0.15) is 0 Å². The Kier molecular flexibility index (Phi) is 3.77. The standard InChI is InChI=1S/C14H19NOS/c1-14(9-5-2-6-10-14)15-13(16)11-7-3-4-8-12(11)17/h3-4,7-8,17H,2,5-6,9-10H2,1H3,(H,15,16). The molecule has 0 saturated heterocycles. The van der Waals surface area contributed by atoms with Crippen LogP contribution in [0.1, 0.15) is 49.4 Å². The number of carbonyl (C=O) groups excluding carboxylic acids is 1. The summed E-state index contributed by atoms with van der Waals surface area (Å²) in [7, 11) is 0. The number of hydrogen-bond acceptors (Lipinski definition) is 2. The van der Waals surface area contributed by atoms with Crippen LogP contribution in [0.15, 0.2) is 29.2 Å². The number of benzene rings is 1. The van der Waals surface area contributed by atoms with E-state index in [4.69, 9.17) is 0 Å². The van der Waals surface area contributed by atoms with E-state index in [0.717, 1.165) is 17.7 Å². The molecule has 17 heavy (non-hydrogen) atoms. The van der Waals surface area contributed by atoms with Crippen molar-refractivity contribution < 1.29 is 4.79 Å². The first-order valence-corrected chi connectivity index (χ1v) is 6.66. The average molecular weight is 249 g/mol. The normalized spacial score (nSPS) is 18.7. The molecule has 2 rings (SSSR count). The summed E-state index contributed by atoms with van der Waals surface area (Å²) in [6.45, 7) is 2.14. The predicted molar refractivity (Wildman–Crippen MR) is 72.7 cm³/mol. The molecule has 3 heteroatoms. The Morgan fingerprint density at radius 2 is 1.88 bits per heavy atom. The molecule has 0 heterocycles. The van der Waals surface area contributed by atoms with Crippen LogP contribution in [0.25, 0.3) is 0 Å². The molecule has 0 atom stereocenters. The van der Waals surface area contributed by atoms with Crippen LogP contribution in [0, 0.1) is 0 Å². The Bertz CT molecular complexity index is 410. The van der Waals surface area contributed by atoms with Gasteiger partial charge in [-0.25, -0.2) is 0 Å². The zero-order chi connectivity index (χ0) is 12.3. The van der Waals surface area contributed by atoms with Crippen molar-refractivity contribution in [2.45, 2.75) is 49.5 Å². The van der Waals surface area contributed by atoms with E-state index in [-0.39, 0.29) is 11.4 Å². The van der Waals surface area contributed by atoms with Gasteiger partial charge in [-0.3, -0.25) is 4.79 Å². The lowest BCUT2D eigenvalue weighted by Gasteiger charge is -2.34. The first kappa shape index (κ1) is 12.5. The molecule has 0 aromatic heterocycles. The van der Waals surface area contributed by atoms with Gasteiger partial charge in [-0.2, -0.15) is 0 Å². The molecule has 1 amide bonds. The molecule has 0 aliphatic heterocycles. The third-order valence-electron chi connectivity index (χ3n) is 3.52. The Balaban J connectivity index is 2.09. The molecule has 1 aromatic rings. The van der Waals surface area contributed by atoms with Gasteiger partial charge in [0.2, 0.25) is 0 Å². The van der Waals surface area contributed by atoms with Gasteiger partial charge in [0.15, 0.2) is 0 Å². The van der Waals surface area contributed by atoms with Crippen molar-refractivity contribution in [1.82, 2.24) is 5.32 Å². The van der Waals surface area contributed by atoms with Crippen LogP contribution in [-0.2, 0) is 0 Å². The van der Waals surface area contributed by atoms with Gasteiger partial charge in [-0.05, 0) is 31.9 Å². The number of nitrogens with one attached hydrogen (secondary N) is 1. The topological polar surface area (TPSA) is 29.1 Å². The molecule has 1 aromatic carbocycles. The predicted octanol–water partition coefficient (Wildman–Crippen LogP) is 3.43. The zero-order valence-electron chi connectivity index (χ0n) is 10.2. The molecule has 0 unspecified atom stereocenters. The Labute approximate surface area is 108 Å². The van der Waals surface area contributed by atoms with Crippen molar-refractivity contribution in [3.05, 3.63) is 29.8 Å². The van der Waals surface area contributed by atoms with E-state index in [9.17, 15) is 4.79 Å². The minimum Gasteiger partial charge on any atom is -0.347 e. The van der Waals surface area contributed by atoms with E-state index in [2.05, 4.69) is 24.9 Å². The highest BCUT2D eigenvalue weighted by Gasteiger charge is 2.28. The molecule has 1 saturated carbocycles.